The van der Waals surface area contributed by atoms with Gasteiger partial charge in [-0.2, -0.15) is 0 Å². The first-order chi connectivity index (χ1) is 7.72. The number of nitrogens with zero attached hydrogens (tertiary/aromatic N) is 1. The summed E-state index contributed by atoms with van der Waals surface area (Å²) >= 11 is 0. The van der Waals surface area contributed by atoms with Gasteiger partial charge in [0.2, 0.25) is 5.88 Å². The van der Waals surface area contributed by atoms with E-state index in [0.717, 1.165) is 30.4 Å². The van der Waals surface area contributed by atoms with Gasteiger partial charge in [0.15, 0.2) is 0 Å². The van der Waals surface area contributed by atoms with Gasteiger partial charge in [-0.15, -0.1) is 0 Å². The standard InChI is InChI=1S/C12H13NO3/c1-16-11-10-7-3-2-6(4-7)9(10)8(5-13-11)12(14)15/h5-7H,2-4H2,1H3,(H,14,15). The molecule has 0 amide bonds. The maximum Gasteiger partial charge on any atom is 0.337 e. The number of aromatic carboxylic acids is 1. The largest absolute Gasteiger partial charge is 0.481 e. The van der Waals surface area contributed by atoms with Crippen LogP contribution in [0.15, 0.2) is 6.20 Å². The summed E-state index contributed by atoms with van der Waals surface area (Å²) in [6.07, 6.45) is 4.74. The molecule has 3 rings (SSSR count). The van der Waals surface area contributed by atoms with E-state index in [0.29, 0.717) is 23.3 Å². The quantitative estimate of drug-likeness (QED) is 0.828. The number of carbonyl (C=O) groups is 1. The number of ether oxygens (including phenoxy) is 1. The zero-order valence-corrected chi connectivity index (χ0v) is 9.06. The summed E-state index contributed by atoms with van der Waals surface area (Å²) in [5, 5.41) is 9.16. The molecule has 1 aromatic rings. The highest BCUT2D eigenvalue weighted by Gasteiger charge is 2.42. The summed E-state index contributed by atoms with van der Waals surface area (Å²) in [6.45, 7) is 0. The van der Waals surface area contributed by atoms with Crippen molar-refractivity contribution >= 4 is 5.97 Å². The normalized spacial score (nSPS) is 25.6. The van der Waals surface area contributed by atoms with E-state index in [-0.39, 0.29) is 0 Å². The Kier molecular flexibility index (Phi) is 1.93. The molecule has 4 nitrogen and oxygen atoms in total. The fourth-order valence-corrected chi connectivity index (χ4v) is 3.20. The van der Waals surface area contributed by atoms with Gasteiger partial charge in [0, 0.05) is 11.8 Å². The molecule has 1 heterocycles. The lowest BCUT2D eigenvalue weighted by molar-refractivity contribution is 0.0694. The van der Waals surface area contributed by atoms with Crippen molar-refractivity contribution in [3.05, 3.63) is 22.9 Å². The summed E-state index contributed by atoms with van der Waals surface area (Å²) in [4.78, 5) is 15.3. The van der Waals surface area contributed by atoms with Crippen molar-refractivity contribution in [3.63, 3.8) is 0 Å². The average molecular weight is 219 g/mol. The highest BCUT2D eigenvalue weighted by molar-refractivity contribution is 5.90. The van der Waals surface area contributed by atoms with Gasteiger partial charge in [0.05, 0.1) is 12.7 Å². The van der Waals surface area contributed by atoms with Gasteiger partial charge >= 0.3 is 5.97 Å². The Labute approximate surface area is 93.3 Å². The van der Waals surface area contributed by atoms with E-state index in [4.69, 9.17) is 9.84 Å². The molecular weight excluding hydrogens is 206 g/mol. The molecule has 2 unspecified atom stereocenters. The predicted molar refractivity (Wildman–Crippen MR) is 57.1 cm³/mol. The topological polar surface area (TPSA) is 59.4 Å². The Balaban J connectivity index is 2.25. The summed E-state index contributed by atoms with van der Waals surface area (Å²) in [7, 11) is 1.59. The molecule has 1 saturated carbocycles. The number of pyridine rings is 1. The molecule has 84 valence electrons. The lowest BCUT2D eigenvalue weighted by Crippen LogP contribution is -2.10. The van der Waals surface area contributed by atoms with Crippen molar-refractivity contribution in [1.82, 2.24) is 4.98 Å². The van der Waals surface area contributed by atoms with Gasteiger partial charge < -0.3 is 9.84 Å². The monoisotopic (exact) mass is 219 g/mol. The molecule has 1 N–H and O–H groups in total. The SMILES string of the molecule is COc1ncc(C(=O)O)c2c1C1CCC2C1. The van der Waals surface area contributed by atoms with Gasteiger partial charge in [0.25, 0.3) is 0 Å². The van der Waals surface area contributed by atoms with E-state index >= 15 is 0 Å². The number of rotatable bonds is 2. The first-order valence-corrected chi connectivity index (χ1v) is 5.52. The second-order valence-corrected chi connectivity index (χ2v) is 4.52. The van der Waals surface area contributed by atoms with E-state index in [9.17, 15) is 4.79 Å². The molecule has 2 aliphatic rings. The maximum absolute atomic E-state index is 11.2. The lowest BCUT2D eigenvalue weighted by atomic mass is 9.89. The van der Waals surface area contributed by atoms with Crippen LogP contribution in [0.4, 0.5) is 0 Å². The van der Waals surface area contributed by atoms with Crippen LogP contribution in [0, 0.1) is 0 Å². The van der Waals surface area contributed by atoms with E-state index in [1.807, 2.05) is 0 Å². The van der Waals surface area contributed by atoms with Gasteiger partial charge in [-0.3, -0.25) is 0 Å². The molecule has 4 heteroatoms. The fourth-order valence-electron chi connectivity index (χ4n) is 3.20. The van der Waals surface area contributed by atoms with Crippen LogP contribution >= 0.6 is 0 Å². The number of fused-ring (bicyclic) bond motifs is 5. The van der Waals surface area contributed by atoms with Crippen molar-refractivity contribution < 1.29 is 14.6 Å². The first kappa shape index (κ1) is 9.63. The predicted octanol–water partition coefficient (Wildman–Crippen LogP) is 2.15. The van der Waals surface area contributed by atoms with E-state index in [1.54, 1.807) is 7.11 Å². The Morgan fingerprint density at radius 1 is 1.44 bits per heavy atom. The fraction of sp³-hybridized carbons (Fsp3) is 0.500. The third-order valence-electron chi connectivity index (χ3n) is 3.79. The maximum atomic E-state index is 11.2. The molecule has 0 aromatic carbocycles. The second-order valence-electron chi connectivity index (χ2n) is 4.52. The van der Waals surface area contributed by atoms with Crippen molar-refractivity contribution in [3.8, 4) is 5.88 Å². The van der Waals surface area contributed by atoms with Crippen molar-refractivity contribution in [2.45, 2.75) is 31.1 Å². The zero-order valence-electron chi connectivity index (χ0n) is 9.06. The summed E-state index contributed by atoms with van der Waals surface area (Å²) in [5.41, 5.74) is 2.40. The molecular formula is C12H13NO3. The second kappa shape index (κ2) is 3.20. The molecule has 16 heavy (non-hydrogen) atoms. The molecule has 1 fully saturated rings. The number of hydrogen-bond donors (Lipinski definition) is 1. The highest BCUT2D eigenvalue weighted by atomic mass is 16.5. The van der Waals surface area contributed by atoms with Crippen molar-refractivity contribution in [1.29, 1.82) is 0 Å². The van der Waals surface area contributed by atoms with Gasteiger partial charge in [-0.05, 0) is 36.7 Å². The molecule has 0 spiro atoms. The number of carboxylic acid groups (broad SMARTS) is 1. The Hall–Kier alpha value is -1.58. The first-order valence-electron chi connectivity index (χ1n) is 5.52. The smallest absolute Gasteiger partial charge is 0.337 e. The van der Waals surface area contributed by atoms with Gasteiger partial charge in [-0.25, -0.2) is 9.78 Å². The van der Waals surface area contributed by atoms with Gasteiger partial charge in [0.1, 0.15) is 0 Å². The van der Waals surface area contributed by atoms with E-state index in [1.165, 1.54) is 6.20 Å². The van der Waals surface area contributed by atoms with Crippen LogP contribution in [0.25, 0.3) is 0 Å². The molecule has 0 aliphatic heterocycles. The zero-order chi connectivity index (χ0) is 11.3. The minimum Gasteiger partial charge on any atom is -0.481 e. The Morgan fingerprint density at radius 2 is 2.12 bits per heavy atom. The Bertz CT molecular complexity index is 470. The number of aromatic nitrogens is 1. The Morgan fingerprint density at radius 3 is 2.75 bits per heavy atom. The average Bonchev–Trinajstić information content (AvgIpc) is 2.88. The van der Waals surface area contributed by atoms with Crippen LogP contribution in [-0.2, 0) is 0 Å². The minimum absolute atomic E-state index is 0.364. The summed E-state index contributed by atoms with van der Waals surface area (Å²) < 4.78 is 5.24. The van der Waals surface area contributed by atoms with Crippen molar-refractivity contribution in [2.75, 3.05) is 7.11 Å². The minimum atomic E-state index is -0.876. The molecule has 1 aromatic heterocycles. The van der Waals surface area contributed by atoms with Crippen LogP contribution in [0.1, 0.15) is 52.6 Å². The molecule has 2 aliphatic carbocycles. The molecule has 0 saturated heterocycles. The molecule has 0 radical (unpaired) electrons. The number of hydrogen-bond acceptors (Lipinski definition) is 3. The molecule has 2 bridgehead atoms. The van der Waals surface area contributed by atoms with Crippen molar-refractivity contribution in [2.24, 2.45) is 0 Å². The van der Waals surface area contributed by atoms with Crippen LogP contribution in [0.2, 0.25) is 0 Å². The van der Waals surface area contributed by atoms with Crippen LogP contribution < -0.4 is 4.74 Å². The van der Waals surface area contributed by atoms with Gasteiger partial charge in [-0.1, -0.05) is 0 Å². The van der Waals surface area contributed by atoms with E-state index in [2.05, 4.69) is 4.98 Å². The molecule has 2 atom stereocenters. The van der Waals surface area contributed by atoms with Crippen LogP contribution in [-0.4, -0.2) is 23.2 Å². The summed E-state index contributed by atoms with van der Waals surface area (Å²) in [6, 6.07) is 0. The third kappa shape index (κ3) is 1.10. The summed E-state index contributed by atoms with van der Waals surface area (Å²) in [5.74, 6) is 0.607. The lowest BCUT2D eigenvalue weighted by Gasteiger charge is -2.18. The highest BCUT2D eigenvalue weighted by Crippen LogP contribution is 2.56. The number of carboxylic acids is 1. The van der Waals surface area contributed by atoms with Crippen LogP contribution in [0.3, 0.4) is 0 Å². The third-order valence-corrected chi connectivity index (χ3v) is 3.79. The van der Waals surface area contributed by atoms with Crippen LogP contribution in [0.5, 0.6) is 5.88 Å². The number of methoxy groups -OCH3 is 1. The van der Waals surface area contributed by atoms with E-state index < -0.39 is 5.97 Å².